The van der Waals surface area contributed by atoms with Gasteiger partial charge in [0.2, 0.25) is 0 Å². The minimum Gasteiger partial charge on any atom is -0.481 e. The summed E-state index contributed by atoms with van der Waals surface area (Å²) >= 11 is 0. The average molecular weight is 387 g/mol. The summed E-state index contributed by atoms with van der Waals surface area (Å²) in [6, 6.07) is 8.91. The van der Waals surface area contributed by atoms with E-state index in [-0.39, 0.29) is 12.1 Å². The van der Waals surface area contributed by atoms with Gasteiger partial charge in [0.1, 0.15) is 11.5 Å². The van der Waals surface area contributed by atoms with E-state index >= 15 is 0 Å². The van der Waals surface area contributed by atoms with Gasteiger partial charge < -0.3 is 25.0 Å². The molecule has 0 radical (unpaired) electrons. The van der Waals surface area contributed by atoms with Crippen molar-refractivity contribution in [3.63, 3.8) is 0 Å². The van der Waals surface area contributed by atoms with Gasteiger partial charge in [0.05, 0.1) is 11.8 Å². The Bertz CT molecular complexity index is 762. The molecule has 0 saturated carbocycles. The number of carboxylic acid groups (broad SMARTS) is 1. The molecule has 1 aromatic carbocycles. The monoisotopic (exact) mass is 387 g/mol. The van der Waals surface area contributed by atoms with Crippen molar-refractivity contribution in [3.8, 4) is 5.75 Å². The van der Waals surface area contributed by atoms with Crippen LogP contribution in [-0.2, 0) is 10.4 Å². The number of rotatable bonds is 8. The van der Waals surface area contributed by atoms with Crippen molar-refractivity contribution in [3.05, 3.63) is 53.9 Å². The largest absolute Gasteiger partial charge is 0.573 e. The molecule has 3 atom stereocenters. The number of carboxylic acids is 1. The second-order valence-corrected chi connectivity index (χ2v) is 6.15. The highest BCUT2D eigenvalue weighted by Crippen LogP contribution is 2.39. The fourth-order valence-electron chi connectivity index (χ4n) is 3.01. The minimum atomic E-state index is -4.96. The number of alkyl halides is 3. The normalized spacial score (nSPS) is 16.4. The predicted octanol–water partition coefficient (Wildman–Crippen LogP) is 3.13. The Labute approximate surface area is 153 Å². The van der Waals surface area contributed by atoms with Gasteiger partial charge in [0.25, 0.3) is 0 Å². The number of aromatic nitrogens is 1. The van der Waals surface area contributed by atoms with Crippen LogP contribution in [0.25, 0.3) is 0 Å². The molecule has 0 spiro atoms. The molecule has 148 valence electrons. The molecule has 0 aliphatic rings. The molecular weight excluding hydrogens is 367 g/mol. The lowest BCUT2D eigenvalue weighted by Crippen LogP contribution is -2.36. The zero-order chi connectivity index (χ0) is 20.2. The van der Waals surface area contributed by atoms with Crippen molar-refractivity contribution < 1.29 is 38.0 Å². The molecule has 1 heterocycles. The first-order chi connectivity index (χ1) is 12.6. The van der Waals surface area contributed by atoms with E-state index in [4.69, 9.17) is 0 Å². The Hall–Kier alpha value is -2.52. The number of H-pyrrole nitrogens is 1. The van der Waals surface area contributed by atoms with Crippen molar-refractivity contribution >= 4 is 5.97 Å². The first-order valence-corrected chi connectivity index (χ1v) is 8.19. The third kappa shape index (κ3) is 5.01. The third-order valence-electron chi connectivity index (χ3n) is 4.34. The molecule has 0 aliphatic carbocycles. The molecule has 2 rings (SSSR count). The molecule has 3 unspecified atom stereocenters. The van der Waals surface area contributed by atoms with Crippen LogP contribution in [0.1, 0.15) is 36.9 Å². The Balaban J connectivity index is 2.32. The summed E-state index contributed by atoms with van der Waals surface area (Å²) < 4.78 is 41.6. The van der Waals surface area contributed by atoms with Gasteiger partial charge in [-0.05, 0) is 18.1 Å². The SMILES string of the molecule is CCC(O)(CC(O)C(C(=O)O)c1ccccc1)c1[nH]ccc1OC(F)(F)F. The maximum absolute atomic E-state index is 12.6. The summed E-state index contributed by atoms with van der Waals surface area (Å²) in [5.74, 6) is -3.30. The molecule has 6 nitrogen and oxygen atoms in total. The first kappa shape index (κ1) is 20.8. The minimum absolute atomic E-state index is 0.0834. The van der Waals surface area contributed by atoms with E-state index in [9.17, 15) is 33.3 Å². The van der Waals surface area contributed by atoms with Crippen LogP contribution in [0.5, 0.6) is 5.75 Å². The van der Waals surface area contributed by atoms with Crippen LogP contribution < -0.4 is 4.74 Å². The Morgan fingerprint density at radius 1 is 1.22 bits per heavy atom. The summed E-state index contributed by atoms with van der Waals surface area (Å²) in [6.07, 6.45) is -5.95. The Morgan fingerprint density at radius 2 is 1.85 bits per heavy atom. The molecule has 0 amide bonds. The summed E-state index contributed by atoms with van der Waals surface area (Å²) in [7, 11) is 0. The number of aliphatic hydroxyl groups excluding tert-OH is 1. The van der Waals surface area contributed by atoms with Crippen molar-refractivity contribution in [2.75, 3.05) is 0 Å². The van der Waals surface area contributed by atoms with Crippen LogP contribution in [0, 0.1) is 0 Å². The summed E-state index contributed by atoms with van der Waals surface area (Å²) in [4.78, 5) is 14.1. The van der Waals surface area contributed by atoms with Gasteiger partial charge in [-0.3, -0.25) is 4.79 Å². The molecule has 27 heavy (non-hydrogen) atoms. The molecule has 0 bridgehead atoms. The number of ether oxygens (including phenoxy) is 1. The van der Waals surface area contributed by atoms with E-state index in [1.807, 2.05) is 0 Å². The number of hydrogen-bond acceptors (Lipinski definition) is 4. The molecule has 0 saturated heterocycles. The zero-order valence-electron chi connectivity index (χ0n) is 14.4. The highest BCUT2D eigenvalue weighted by Gasteiger charge is 2.41. The predicted molar refractivity (Wildman–Crippen MR) is 89.1 cm³/mol. The topological polar surface area (TPSA) is 103 Å². The van der Waals surface area contributed by atoms with E-state index in [0.717, 1.165) is 12.3 Å². The van der Waals surface area contributed by atoms with Gasteiger partial charge in [0, 0.05) is 12.6 Å². The maximum Gasteiger partial charge on any atom is 0.573 e. The second kappa shape index (κ2) is 8.01. The highest BCUT2D eigenvalue weighted by atomic mass is 19.4. The number of aliphatic hydroxyl groups is 2. The number of halogens is 3. The van der Waals surface area contributed by atoms with E-state index in [1.165, 1.54) is 19.1 Å². The Morgan fingerprint density at radius 3 is 2.37 bits per heavy atom. The zero-order valence-corrected chi connectivity index (χ0v) is 14.4. The summed E-state index contributed by atoms with van der Waals surface area (Å²) in [6.45, 7) is 1.50. The van der Waals surface area contributed by atoms with Gasteiger partial charge in [-0.25, -0.2) is 0 Å². The number of carbonyl (C=O) groups is 1. The molecule has 0 aliphatic heterocycles. The second-order valence-electron chi connectivity index (χ2n) is 6.15. The van der Waals surface area contributed by atoms with E-state index in [1.54, 1.807) is 18.2 Å². The lowest BCUT2D eigenvalue weighted by atomic mass is 9.82. The molecule has 1 aromatic heterocycles. The number of hydrogen-bond donors (Lipinski definition) is 4. The Kier molecular flexibility index (Phi) is 6.17. The van der Waals surface area contributed by atoms with Crippen molar-refractivity contribution in [2.24, 2.45) is 0 Å². The smallest absolute Gasteiger partial charge is 0.481 e. The van der Waals surface area contributed by atoms with Gasteiger partial charge in [-0.15, -0.1) is 13.2 Å². The molecular formula is C18H20F3NO5. The van der Waals surface area contributed by atoms with E-state index in [0.29, 0.717) is 5.56 Å². The summed E-state index contributed by atoms with van der Waals surface area (Å²) in [5.41, 5.74) is -1.92. The lowest BCUT2D eigenvalue weighted by Gasteiger charge is -2.31. The molecule has 2 aromatic rings. The molecule has 9 heteroatoms. The quantitative estimate of drug-likeness (QED) is 0.557. The average Bonchev–Trinajstić information content (AvgIpc) is 3.02. The van der Waals surface area contributed by atoms with E-state index in [2.05, 4.69) is 9.72 Å². The maximum atomic E-state index is 12.6. The van der Waals surface area contributed by atoms with Gasteiger partial charge in [0.15, 0.2) is 5.75 Å². The highest BCUT2D eigenvalue weighted by molar-refractivity contribution is 5.76. The molecule has 4 N–H and O–H groups in total. The van der Waals surface area contributed by atoms with Crippen LogP contribution in [-0.4, -0.2) is 38.7 Å². The summed E-state index contributed by atoms with van der Waals surface area (Å²) in [5, 5.41) is 30.9. The lowest BCUT2D eigenvalue weighted by molar-refractivity contribution is -0.275. The fourth-order valence-corrected chi connectivity index (χ4v) is 3.01. The number of nitrogens with one attached hydrogen (secondary N) is 1. The fraction of sp³-hybridized carbons (Fsp3) is 0.389. The third-order valence-corrected chi connectivity index (χ3v) is 4.34. The van der Waals surface area contributed by atoms with E-state index < -0.39 is 42.1 Å². The van der Waals surface area contributed by atoms with Crippen LogP contribution in [0.3, 0.4) is 0 Å². The van der Waals surface area contributed by atoms with Crippen LogP contribution in [0.4, 0.5) is 13.2 Å². The van der Waals surface area contributed by atoms with Crippen LogP contribution in [0.15, 0.2) is 42.6 Å². The van der Waals surface area contributed by atoms with Gasteiger partial charge in [-0.2, -0.15) is 0 Å². The standard InChI is InChI=1S/C18H20F3NO5/c1-2-17(26,15-13(8-9-22-15)27-18(19,20)21)10-12(23)14(16(24)25)11-6-4-3-5-7-11/h3-9,12,14,22-23,26H,2,10H2,1H3,(H,24,25). The van der Waals surface area contributed by atoms with Crippen molar-refractivity contribution in [2.45, 2.75) is 43.8 Å². The van der Waals surface area contributed by atoms with Crippen molar-refractivity contribution in [1.82, 2.24) is 4.98 Å². The van der Waals surface area contributed by atoms with Crippen molar-refractivity contribution in [1.29, 1.82) is 0 Å². The molecule has 0 fully saturated rings. The van der Waals surface area contributed by atoms with Gasteiger partial charge >= 0.3 is 12.3 Å². The van der Waals surface area contributed by atoms with Crippen LogP contribution >= 0.6 is 0 Å². The number of aliphatic carboxylic acids is 1. The van der Waals surface area contributed by atoms with Crippen LogP contribution in [0.2, 0.25) is 0 Å². The number of aromatic amines is 1. The first-order valence-electron chi connectivity index (χ1n) is 8.19. The van der Waals surface area contributed by atoms with Gasteiger partial charge in [-0.1, -0.05) is 37.3 Å². The number of benzene rings is 1.